The van der Waals surface area contributed by atoms with E-state index in [0.717, 1.165) is 42.7 Å². The number of piperidine rings is 2. The van der Waals surface area contributed by atoms with Crippen LogP contribution in [-0.2, 0) is 9.53 Å². The van der Waals surface area contributed by atoms with Gasteiger partial charge in [0.2, 0.25) is 5.91 Å². The summed E-state index contributed by atoms with van der Waals surface area (Å²) in [6, 6.07) is 1.91. The smallest absolute Gasteiger partial charge is 0.410 e. The van der Waals surface area contributed by atoms with E-state index in [-0.39, 0.29) is 29.9 Å². The number of hydrogen-bond acceptors (Lipinski definition) is 5. The van der Waals surface area contributed by atoms with Crippen LogP contribution in [0.1, 0.15) is 61.7 Å². The fraction of sp³-hybridized carbons (Fsp3) is 0.682. The molecule has 1 aromatic rings. The Balaban J connectivity index is 1.54. The van der Waals surface area contributed by atoms with Crippen LogP contribution in [0, 0.1) is 12.8 Å². The summed E-state index contributed by atoms with van der Waals surface area (Å²) in [5.41, 5.74) is 0.450. The first-order valence-electron chi connectivity index (χ1n) is 10.8. The van der Waals surface area contributed by atoms with Crippen molar-refractivity contribution in [3.63, 3.8) is 0 Å². The summed E-state index contributed by atoms with van der Waals surface area (Å²) in [6.07, 6.45) is 2.91. The Kier molecular flexibility index (Phi) is 7.06. The molecule has 2 fully saturated rings. The number of ether oxygens (including phenoxy) is 1. The van der Waals surface area contributed by atoms with Crippen molar-refractivity contribution in [2.45, 2.75) is 65.0 Å². The number of amides is 3. The van der Waals surface area contributed by atoms with E-state index < -0.39 is 5.60 Å². The zero-order chi connectivity index (χ0) is 21.9. The molecule has 2 saturated heterocycles. The second kappa shape index (κ2) is 9.37. The molecular formula is C22H33N3O4S. The van der Waals surface area contributed by atoms with Gasteiger partial charge < -0.3 is 19.9 Å². The molecule has 0 radical (unpaired) electrons. The summed E-state index contributed by atoms with van der Waals surface area (Å²) in [5.74, 6) is -0.220. The number of rotatable bonds is 3. The molecule has 3 rings (SSSR count). The molecule has 0 spiro atoms. The third-order valence-corrected chi connectivity index (χ3v) is 6.56. The van der Waals surface area contributed by atoms with Gasteiger partial charge in [-0.25, -0.2) is 4.79 Å². The number of likely N-dealkylation sites (tertiary alicyclic amines) is 2. The van der Waals surface area contributed by atoms with Gasteiger partial charge in [0.15, 0.2) is 0 Å². The molecule has 8 heteroatoms. The van der Waals surface area contributed by atoms with Crippen molar-refractivity contribution >= 4 is 29.2 Å². The van der Waals surface area contributed by atoms with E-state index in [1.165, 1.54) is 11.3 Å². The van der Waals surface area contributed by atoms with Crippen molar-refractivity contribution < 1.29 is 19.1 Å². The molecule has 1 aromatic heterocycles. The minimum Gasteiger partial charge on any atom is -0.444 e. The summed E-state index contributed by atoms with van der Waals surface area (Å²) < 4.78 is 5.45. The van der Waals surface area contributed by atoms with Crippen LogP contribution in [0.3, 0.4) is 0 Å². The van der Waals surface area contributed by atoms with Gasteiger partial charge in [-0.2, -0.15) is 0 Å². The van der Waals surface area contributed by atoms with E-state index in [1.54, 1.807) is 4.90 Å². The Labute approximate surface area is 182 Å². The van der Waals surface area contributed by atoms with Crippen LogP contribution in [0.5, 0.6) is 0 Å². The highest BCUT2D eigenvalue weighted by molar-refractivity contribution is 7.12. The first kappa shape index (κ1) is 22.6. The minimum absolute atomic E-state index is 0.0325. The van der Waals surface area contributed by atoms with Crippen molar-refractivity contribution in [3.05, 3.63) is 21.9 Å². The normalized spacial score (nSPS) is 22.5. The maximum absolute atomic E-state index is 12.9. The van der Waals surface area contributed by atoms with Crippen LogP contribution in [0.4, 0.5) is 4.79 Å². The summed E-state index contributed by atoms with van der Waals surface area (Å²) in [5, 5.41) is 5.07. The molecule has 166 valence electrons. The second-order valence-electron chi connectivity index (χ2n) is 9.30. The molecule has 3 heterocycles. The van der Waals surface area contributed by atoms with Crippen LogP contribution in [0.25, 0.3) is 0 Å². The zero-order valence-corrected chi connectivity index (χ0v) is 19.2. The summed E-state index contributed by atoms with van der Waals surface area (Å²) in [4.78, 5) is 42.3. The molecule has 2 atom stereocenters. The Morgan fingerprint density at radius 1 is 1.10 bits per heavy atom. The molecule has 0 aliphatic carbocycles. The third kappa shape index (κ3) is 5.74. The molecule has 0 unspecified atom stereocenters. The predicted molar refractivity (Wildman–Crippen MR) is 117 cm³/mol. The first-order chi connectivity index (χ1) is 14.1. The van der Waals surface area contributed by atoms with E-state index in [4.69, 9.17) is 4.74 Å². The van der Waals surface area contributed by atoms with E-state index in [0.29, 0.717) is 19.6 Å². The monoisotopic (exact) mass is 435 g/mol. The van der Waals surface area contributed by atoms with Crippen LogP contribution in [0.15, 0.2) is 11.4 Å². The summed E-state index contributed by atoms with van der Waals surface area (Å²) >= 11 is 1.47. The molecule has 2 aliphatic rings. The molecule has 1 N–H and O–H groups in total. The van der Waals surface area contributed by atoms with Crippen LogP contribution >= 0.6 is 11.3 Å². The molecule has 30 heavy (non-hydrogen) atoms. The molecule has 0 saturated carbocycles. The summed E-state index contributed by atoms with van der Waals surface area (Å²) in [7, 11) is 0. The van der Waals surface area contributed by atoms with Gasteiger partial charge in [-0.3, -0.25) is 9.59 Å². The van der Waals surface area contributed by atoms with E-state index >= 15 is 0 Å². The molecule has 0 bridgehead atoms. The van der Waals surface area contributed by atoms with Crippen molar-refractivity contribution in [2.75, 3.05) is 26.2 Å². The van der Waals surface area contributed by atoms with Crippen molar-refractivity contribution in [1.82, 2.24) is 15.1 Å². The Hall–Kier alpha value is -2.09. The fourth-order valence-electron chi connectivity index (χ4n) is 4.02. The van der Waals surface area contributed by atoms with Crippen molar-refractivity contribution in [3.8, 4) is 0 Å². The zero-order valence-electron chi connectivity index (χ0n) is 18.4. The highest BCUT2D eigenvalue weighted by atomic mass is 32.1. The Morgan fingerprint density at radius 3 is 2.47 bits per heavy atom. The van der Waals surface area contributed by atoms with Gasteiger partial charge in [0, 0.05) is 32.2 Å². The lowest BCUT2D eigenvalue weighted by atomic mass is 9.96. The topological polar surface area (TPSA) is 79.0 Å². The SMILES string of the molecule is Cc1ccsc1C(=O)N1CCC[C@@H](NC(=O)[C@H]2CCCN(C(=O)OC(C)(C)C)C2)C1. The predicted octanol–water partition coefficient (Wildman–Crippen LogP) is 3.42. The number of carbonyl (C=O) groups excluding carboxylic acids is 3. The highest BCUT2D eigenvalue weighted by Crippen LogP contribution is 2.22. The lowest BCUT2D eigenvalue weighted by molar-refractivity contribution is -0.127. The minimum atomic E-state index is -0.550. The summed E-state index contributed by atoms with van der Waals surface area (Å²) in [6.45, 7) is 9.72. The molecule has 2 aliphatic heterocycles. The van der Waals surface area contributed by atoms with Crippen molar-refractivity contribution in [1.29, 1.82) is 0 Å². The number of hydrogen-bond donors (Lipinski definition) is 1. The Bertz CT molecular complexity index is 786. The largest absolute Gasteiger partial charge is 0.444 e. The van der Waals surface area contributed by atoms with Crippen molar-refractivity contribution in [2.24, 2.45) is 5.92 Å². The van der Waals surface area contributed by atoms with E-state index in [9.17, 15) is 14.4 Å². The first-order valence-corrected chi connectivity index (χ1v) is 11.6. The highest BCUT2D eigenvalue weighted by Gasteiger charge is 2.33. The van der Waals surface area contributed by atoms with Crippen LogP contribution < -0.4 is 5.32 Å². The second-order valence-corrected chi connectivity index (χ2v) is 10.2. The van der Waals surface area contributed by atoms with Gasteiger partial charge in [0.25, 0.3) is 5.91 Å². The lowest BCUT2D eigenvalue weighted by Crippen LogP contribution is -2.53. The van der Waals surface area contributed by atoms with Gasteiger partial charge in [-0.15, -0.1) is 11.3 Å². The number of nitrogens with zero attached hydrogens (tertiary/aromatic N) is 2. The average Bonchev–Trinajstić information content (AvgIpc) is 3.12. The number of nitrogens with one attached hydrogen (secondary N) is 1. The lowest BCUT2D eigenvalue weighted by Gasteiger charge is -2.36. The number of carbonyl (C=O) groups is 3. The standard InChI is InChI=1S/C22H33N3O4S/c1-15-9-12-30-18(15)20(27)24-10-6-8-17(14-24)23-19(26)16-7-5-11-25(13-16)21(28)29-22(2,3)4/h9,12,16-17H,5-8,10-11,13-14H2,1-4H3,(H,23,26)/t16-,17+/m0/s1. The van der Waals surface area contributed by atoms with E-state index in [1.807, 2.05) is 44.0 Å². The molecule has 3 amide bonds. The number of aryl methyl sites for hydroxylation is 1. The molecule has 0 aromatic carbocycles. The van der Waals surface area contributed by atoms with Gasteiger partial charge in [-0.1, -0.05) is 0 Å². The molecule has 7 nitrogen and oxygen atoms in total. The quantitative estimate of drug-likeness (QED) is 0.789. The van der Waals surface area contributed by atoms with Crippen LogP contribution in [0.2, 0.25) is 0 Å². The maximum atomic E-state index is 12.9. The maximum Gasteiger partial charge on any atom is 0.410 e. The van der Waals surface area contributed by atoms with Crippen LogP contribution in [-0.4, -0.2) is 65.5 Å². The van der Waals surface area contributed by atoms with E-state index in [2.05, 4.69) is 5.32 Å². The third-order valence-electron chi connectivity index (χ3n) is 5.56. The van der Waals surface area contributed by atoms with Gasteiger partial charge in [0.05, 0.1) is 10.8 Å². The van der Waals surface area contributed by atoms with Gasteiger partial charge in [0.1, 0.15) is 5.60 Å². The van der Waals surface area contributed by atoms with Gasteiger partial charge in [-0.05, 0) is 70.4 Å². The number of thiophene rings is 1. The van der Waals surface area contributed by atoms with Gasteiger partial charge >= 0.3 is 6.09 Å². The average molecular weight is 436 g/mol. The Morgan fingerprint density at radius 2 is 1.80 bits per heavy atom. The fourth-order valence-corrected chi connectivity index (χ4v) is 4.91. The molecular weight excluding hydrogens is 402 g/mol.